The summed E-state index contributed by atoms with van der Waals surface area (Å²) in [7, 11) is 0. The van der Waals surface area contributed by atoms with E-state index < -0.39 is 5.60 Å². The van der Waals surface area contributed by atoms with E-state index >= 15 is 0 Å². The Kier molecular flexibility index (Phi) is 3.93. The van der Waals surface area contributed by atoms with E-state index in [1.165, 1.54) is 0 Å². The van der Waals surface area contributed by atoms with Crippen LogP contribution in [-0.2, 0) is 11.2 Å². The molecule has 1 aromatic carbocycles. The van der Waals surface area contributed by atoms with Crippen molar-refractivity contribution in [1.29, 1.82) is 0 Å². The monoisotopic (exact) mass is 267 g/mol. The van der Waals surface area contributed by atoms with Crippen LogP contribution in [0.15, 0.2) is 24.3 Å². The maximum atomic E-state index is 11.8. The topological polar surface area (TPSA) is 49.3 Å². The van der Waals surface area contributed by atoms with Crippen LogP contribution in [0.1, 0.15) is 25.3 Å². The SMILES string of the molecule is C[C@](O)(CNC(=O)Cc1ccccc1Cl)C1CC1. The van der Waals surface area contributed by atoms with Crippen molar-refractivity contribution in [3.8, 4) is 0 Å². The van der Waals surface area contributed by atoms with Crippen LogP contribution in [0.25, 0.3) is 0 Å². The summed E-state index contributed by atoms with van der Waals surface area (Å²) in [4.78, 5) is 11.8. The standard InChI is InChI=1S/C14H18ClNO2/c1-14(18,11-6-7-11)9-16-13(17)8-10-4-2-3-5-12(10)15/h2-5,11,18H,6-9H2,1H3,(H,16,17)/t14-/m0/s1. The molecule has 0 aliphatic heterocycles. The highest BCUT2D eigenvalue weighted by Crippen LogP contribution is 2.38. The van der Waals surface area contributed by atoms with Crippen molar-refractivity contribution in [3.05, 3.63) is 34.9 Å². The third-order valence-corrected chi connectivity index (χ3v) is 3.78. The Hall–Kier alpha value is -1.06. The molecule has 0 bridgehead atoms. The summed E-state index contributed by atoms with van der Waals surface area (Å²) < 4.78 is 0. The van der Waals surface area contributed by atoms with Gasteiger partial charge in [0.05, 0.1) is 12.0 Å². The van der Waals surface area contributed by atoms with Crippen LogP contribution >= 0.6 is 11.6 Å². The molecule has 1 saturated carbocycles. The van der Waals surface area contributed by atoms with Crippen molar-refractivity contribution in [2.24, 2.45) is 5.92 Å². The Morgan fingerprint density at radius 3 is 2.78 bits per heavy atom. The first kappa shape index (κ1) is 13.4. The van der Waals surface area contributed by atoms with Gasteiger partial charge in [0.2, 0.25) is 5.91 Å². The molecule has 2 rings (SSSR count). The molecule has 3 nitrogen and oxygen atoms in total. The Balaban J connectivity index is 1.84. The predicted octanol–water partition coefficient (Wildman–Crippen LogP) is 2.16. The van der Waals surface area contributed by atoms with Crippen molar-refractivity contribution in [2.45, 2.75) is 31.8 Å². The second-order valence-electron chi connectivity index (χ2n) is 5.18. The maximum absolute atomic E-state index is 11.8. The highest BCUT2D eigenvalue weighted by Gasteiger charge is 2.39. The van der Waals surface area contributed by atoms with E-state index in [1.54, 1.807) is 13.0 Å². The number of rotatable bonds is 5. The van der Waals surface area contributed by atoms with E-state index in [2.05, 4.69) is 5.32 Å². The summed E-state index contributed by atoms with van der Waals surface area (Å²) >= 11 is 5.99. The fraction of sp³-hybridized carbons (Fsp3) is 0.500. The number of aliphatic hydroxyl groups is 1. The van der Waals surface area contributed by atoms with Crippen molar-refractivity contribution < 1.29 is 9.90 Å². The van der Waals surface area contributed by atoms with E-state index in [9.17, 15) is 9.90 Å². The Bertz CT molecular complexity index is 441. The first-order valence-corrected chi connectivity index (χ1v) is 6.59. The van der Waals surface area contributed by atoms with Crippen LogP contribution in [0.2, 0.25) is 5.02 Å². The number of carbonyl (C=O) groups excluding carboxylic acids is 1. The maximum Gasteiger partial charge on any atom is 0.224 e. The lowest BCUT2D eigenvalue weighted by atomic mass is 10.0. The van der Waals surface area contributed by atoms with E-state index in [0.717, 1.165) is 18.4 Å². The number of benzene rings is 1. The van der Waals surface area contributed by atoms with Crippen molar-refractivity contribution in [3.63, 3.8) is 0 Å². The van der Waals surface area contributed by atoms with Gasteiger partial charge >= 0.3 is 0 Å². The fourth-order valence-corrected chi connectivity index (χ4v) is 2.21. The van der Waals surface area contributed by atoms with Crippen LogP contribution in [-0.4, -0.2) is 23.2 Å². The summed E-state index contributed by atoms with van der Waals surface area (Å²) in [6, 6.07) is 7.29. The Labute approximate surface area is 112 Å². The van der Waals surface area contributed by atoms with Gasteiger partial charge in [0.25, 0.3) is 0 Å². The minimum Gasteiger partial charge on any atom is -0.388 e. The molecule has 1 fully saturated rings. The summed E-state index contributed by atoms with van der Waals surface area (Å²) in [6.45, 7) is 2.08. The molecule has 1 aliphatic carbocycles. The number of carbonyl (C=O) groups is 1. The lowest BCUT2D eigenvalue weighted by molar-refractivity contribution is -0.121. The molecule has 0 heterocycles. The summed E-state index contributed by atoms with van der Waals surface area (Å²) in [5.41, 5.74) is 0.0265. The molecular weight excluding hydrogens is 250 g/mol. The van der Waals surface area contributed by atoms with Crippen LogP contribution in [0.3, 0.4) is 0 Å². The molecule has 1 aliphatic rings. The number of amides is 1. The molecule has 18 heavy (non-hydrogen) atoms. The van der Waals surface area contributed by atoms with Gasteiger partial charge < -0.3 is 10.4 Å². The van der Waals surface area contributed by atoms with Gasteiger partial charge in [-0.1, -0.05) is 29.8 Å². The first-order chi connectivity index (χ1) is 8.49. The van der Waals surface area contributed by atoms with Gasteiger partial charge in [-0.15, -0.1) is 0 Å². The fourth-order valence-electron chi connectivity index (χ4n) is 2.00. The second-order valence-corrected chi connectivity index (χ2v) is 5.58. The normalized spacial score (nSPS) is 18.2. The zero-order valence-electron chi connectivity index (χ0n) is 10.4. The third-order valence-electron chi connectivity index (χ3n) is 3.41. The highest BCUT2D eigenvalue weighted by atomic mass is 35.5. The summed E-state index contributed by atoms with van der Waals surface area (Å²) in [6.07, 6.45) is 2.35. The molecule has 0 spiro atoms. The van der Waals surface area contributed by atoms with Gasteiger partial charge in [-0.25, -0.2) is 0 Å². The van der Waals surface area contributed by atoms with E-state index in [-0.39, 0.29) is 12.3 Å². The molecule has 98 valence electrons. The Morgan fingerprint density at radius 1 is 1.50 bits per heavy atom. The molecule has 0 radical (unpaired) electrons. The Morgan fingerprint density at radius 2 is 2.17 bits per heavy atom. The van der Waals surface area contributed by atoms with Crippen LogP contribution in [0.4, 0.5) is 0 Å². The average molecular weight is 268 g/mol. The van der Waals surface area contributed by atoms with Gasteiger partial charge in [-0.2, -0.15) is 0 Å². The van der Waals surface area contributed by atoms with Gasteiger partial charge in [-0.3, -0.25) is 4.79 Å². The second kappa shape index (κ2) is 5.29. The van der Waals surface area contributed by atoms with E-state index in [1.807, 2.05) is 18.2 Å². The van der Waals surface area contributed by atoms with Crippen LogP contribution < -0.4 is 5.32 Å². The molecule has 0 saturated heterocycles. The van der Waals surface area contributed by atoms with Gasteiger partial charge in [0.1, 0.15) is 0 Å². The number of halogens is 1. The predicted molar refractivity (Wildman–Crippen MR) is 71.5 cm³/mol. The first-order valence-electron chi connectivity index (χ1n) is 6.21. The molecule has 0 unspecified atom stereocenters. The smallest absolute Gasteiger partial charge is 0.224 e. The highest BCUT2D eigenvalue weighted by molar-refractivity contribution is 6.31. The zero-order chi connectivity index (χ0) is 13.2. The number of nitrogens with one attached hydrogen (secondary N) is 1. The van der Waals surface area contributed by atoms with Crippen molar-refractivity contribution >= 4 is 17.5 Å². The summed E-state index contributed by atoms with van der Waals surface area (Å²) in [5, 5.41) is 13.5. The quantitative estimate of drug-likeness (QED) is 0.859. The third kappa shape index (κ3) is 3.47. The van der Waals surface area contributed by atoms with Gasteiger partial charge in [0.15, 0.2) is 0 Å². The van der Waals surface area contributed by atoms with E-state index in [0.29, 0.717) is 17.5 Å². The lowest BCUT2D eigenvalue weighted by Crippen LogP contribution is -2.42. The average Bonchev–Trinajstić information content (AvgIpc) is 3.14. The molecular formula is C14H18ClNO2. The molecule has 0 aromatic heterocycles. The molecule has 4 heteroatoms. The van der Waals surface area contributed by atoms with E-state index in [4.69, 9.17) is 11.6 Å². The van der Waals surface area contributed by atoms with Gasteiger partial charge in [0, 0.05) is 11.6 Å². The van der Waals surface area contributed by atoms with Crippen molar-refractivity contribution in [2.75, 3.05) is 6.54 Å². The number of hydrogen-bond donors (Lipinski definition) is 2. The molecule has 1 amide bonds. The molecule has 1 atom stereocenters. The zero-order valence-corrected chi connectivity index (χ0v) is 11.2. The summed E-state index contributed by atoms with van der Waals surface area (Å²) in [5.74, 6) is 0.224. The number of hydrogen-bond acceptors (Lipinski definition) is 2. The lowest BCUT2D eigenvalue weighted by Gasteiger charge is -2.23. The minimum absolute atomic E-state index is 0.107. The van der Waals surface area contributed by atoms with Gasteiger partial charge in [-0.05, 0) is 37.3 Å². The van der Waals surface area contributed by atoms with Crippen molar-refractivity contribution in [1.82, 2.24) is 5.32 Å². The minimum atomic E-state index is -0.782. The van der Waals surface area contributed by atoms with Crippen LogP contribution in [0.5, 0.6) is 0 Å². The molecule has 2 N–H and O–H groups in total. The largest absolute Gasteiger partial charge is 0.388 e. The molecule has 1 aromatic rings. The van der Waals surface area contributed by atoms with Crippen LogP contribution in [0, 0.1) is 5.92 Å².